The number of carbonyl (C=O) groups is 1. The van der Waals surface area contributed by atoms with Gasteiger partial charge in [-0.25, -0.2) is 4.79 Å². The van der Waals surface area contributed by atoms with Crippen LogP contribution in [0, 0.1) is 10.1 Å². The molecule has 1 amide bonds. The van der Waals surface area contributed by atoms with Crippen molar-refractivity contribution < 1.29 is 19.9 Å². The number of non-ortho nitro benzene ring substituents is 1. The van der Waals surface area contributed by atoms with E-state index >= 15 is 0 Å². The second-order valence-electron chi connectivity index (χ2n) is 3.47. The second-order valence-corrected chi connectivity index (χ2v) is 3.47. The molecule has 92 valence electrons. The molecule has 0 saturated carbocycles. The lowest BCUT2D eigenvalue weighted by molar-refractivity contribution is -0.384. The van der Waals surface area contributed by atoms with E-state index in [0.29, 0.717) is 5.56 Å². The number of rotatable bonds is 5. The van der Waals surface area contributed by atoms with Crippen LogP contribution in [0.15, 0.2) is 24.3 Å². The molecule has 0 aliphatic rings. The predicted octanol–water partition coefficient (Wildman–Crippen LogP) is 0.766. The highest BCUT2D eigenvalue weighted by molar-refractivity contribution is 5.64. The van der Waals surface area contributed by atoms with Crippen molar-refractivity contribution >= 4 is 11.8 Å². The molecule has 0 fully saturated rings. The molecule has 3 N–H and O–H groups in total. The molecule has 0 aromatic heterocycles. The van der Waals surface area contributed by atoms with Gasteiger partial charge in [0, 0.05) is 25.1 Å². The van der Waals surface area contributed by atoms with E-state index in [1.165, 1.54) is 24.3 Å². The van der Waals surface area contributed by atoms with Crippen LogP contribution in [-0.4, -0.2) is 33.9 Å². The highest BCUT2D eigenvalue weighted by Gasteiger charge is 2.09. The van der Waals surface area contributed by atoms with Crippen LogP contribution in [0.4, 0.5) is 10.5 Å². The molecular weight excluding hydrogens is 228 g/mol. The molecule has 0 saturated heterocycles. The maximum absolute atomic E-state index is 10.4. The van der Waals surface area contributed by atoms with Crippen LogP contribution in [0.2, 0.25) is 0 Å². The number of nitrogens with zero attached hydrogens (tertiary/aromatic N) is 1. The maximum Gasteiger partial charge on any atom is 0.404 e. The van der Waals surface area contributed by atoms with E-state index in [9.17, 15) is 20.0 Å². The van der Waals surface area contributed by atoms with Crippen LogP contribution >= 0.6 is 0 Å². The zero-order valence-corrected chi connectivity index (χ0v) is 8.87. The van der Waals surface area contributed by atoms with Crippen LogP contribution in [0.3, 0.4) is 0 Å². The number of aliphatic hydroxyl groups is 1. The largest absolute Gasteiger partial charge is 0.465 e. The average Bonchev–Trinajstić information content (AvgIpc) is 2.27. The van der Waals surface area contributed by atoms with E-state index in [-0.39, 0.29) is 18.7 Å². The van der Waals surface area contributed by atoms with Crippen molar-refractivity contribution in [2.24, 2.45) is 0 Å². The molecule has 1 aromatic carbocycles. The number of hydrogen-bond acceptors (Lipinski definition) is 4. The van der Waals surface area contributed by atoms with E-state index in [2.05, 4.69) is 5.32 Å². The van der Waals surface area contributed by atoms with Gasteiger partial charge in [-0.1, -0.05) is 12.1 Å². The summed E-state index contributed by atoms with van der Waals surface area (Å²) in [5.41, 5.74) is 0.683. The van der Waals surface area contributed by atoms with E-state index in [1.54, 1.807) is 0 Å². The molecular formula is C10H12N2O5. The molecule has 0 spiro atoms. The zero-order valence-electron chi connectivity index (χ0n) is 8.87. The molecule has 0 heterocycles. The summed E-state index contributed by atoms with van der Waals surface area (Å²) in [6.45, 7) is -0.0771. The van der Waals surface area contributed by atoms with Crippen molar-refractivity contribution in [2.45, 2.75) is 12.5 Å². The summed E-state index contributed by atoms with van der Waals surface area (Å²) < 4.78 is 0. The standard InChI is InChI=1S/C10H12N2O5/c13-9(6-11-10(14)15)5-7-1-3-8(4-2-7)12(16)17/h1-4,9,11,13H,5-6H2,(H,14,15). The lowest BCUT2D eigenvalue weighted by Crippen LogP contribution is -2.31. The molecule has 0 aliphatic heterocycles. The predicted molar refractivity (Wildman–Crippen MR) is 58.8 cm³/mol. The topological polar surface area (TPSA) is 113 Å². The van der Waals surface area contributed by atoms with Crippen molar-refractivity contribution in [1.82, 2.24) is 5.32 Å². The minimum atomic E-state index is -1.20. The fraction of sp³-hybridized carbons (Fsp3) is 0.300. The fourth-order valence-electron chi connectivity index (χ4n) is 1.30. The van der Waals surface area contributed by atoms with Crippen molar-refractivity contribution in [3.8, 4) is 0 Å². The summed E-state index contributed by atoms with van der Waals surface area (Å²) in [7, 11) is 0. The Morgan fingerprint density at radius 1 is 1.41 bits per heavy atom. The summed E-state index contributed by atoms with van der Waals surface area (Å²) in [4.78, 5) is 20.1. The zero-order chi connectivity index (χ0) is 12.8. The fourth-order valence-corrected chi connectivity index (χ4v) is 1.30. The van der Waals surface area contributed by atoms with Crippen LogP contribution in [0.25, 0.3) is 0 Å². The monoisotopic (exact) mass is 240 g/mol. The minimum absolute atomic E-state index is 0.0214. The third-order valence-electron chi connectivity index (χ3n) is 2.11. The first-order valence-corrected chi connectivity index (χ1v) is 4.87. The van der Waals surface area contributed by atoms with E-state index in [1.807, 2.05) is 0 Å². The second kappa shape index (κ2) is 5.80. The van der Waals surface area contributed by atoms with Gasteiger partial charge in [-0.3, -0.25) is 10.1 Å². The Balaban J connectivity index is 2.51. The Hall–Kier alpha value is -2.15. The van der Waals surface area contributed by atoms with Gasteiger partial charge in [0.2, 0.25) is 0 Å². The Morgan fingerprint density at radius 2 is 2.00 bits per heavy atom. The van der Waals surface area contributed by atoms with Gasteiger partial charge in [-0.2, -0.15) is 0 Å². The Kier molecular flexibility index (Phi) is 4.41. The Labute approximate surface area is 96.8 Å². The van der Waals surface area contributed by atoms with Gasteiger partial charge in [0.25, 0.3) is 5.69 Å². The number of nitro benzene ring substituents is 1. The summed E-state index contributed by atoms with van der Waals surface area (Å²) >= 11 is 0. The highest BCUT2D eigenvalue weighted by Crippen LogP contribution is 2.12. The number of nitro groups is 1. The summed E-state index contributed by atoms with van der Waals surface area (Å²) in [6.07, 6.45) is -1.82. The molecule has 7 nitrogen and oxygen atoms in total. The molecule has 0 radical (unpaired) electrons. The van der Waals surface area contributed by atoms with E-state index in [4.69, 9.17) is 5.11 Å². The van der Waals surface area contributed by atoms with Crippen molar-refractivity contribution in [1.29, 1.82) is 0 Å². The third kappa shape index (κ3) is 4.47. The molecule has 7 heteroatoms. The van der Waals surface area contributed by atoms with Crippen LogP contribution in [0.1, 0.15) is 5.56 Å². The number of nitrogens with one attached hydrogen (secondary N) is 1. The number of benzene rings is 1. The first-order chi connectivity index (χ1) is 7.99. The smallest absolute Gasteiger partial charge is 0.404 e. The van der Waals surface area contributed by atoms with Gasteiger partial charge in [0.05, 0.1) is 11.0 Å². The van der Waals surface area contributed by atoms with Crippen LogP contribution in [-0.2, 0) is 6.42 Å². The van der Waals surface area contributed by atoms with Gasteiger partial charge in [0.15, 0.2) is 0 Å². The number of amides is 1. The van der Waals surface area contributed by atoms with Crippen LogP contribution in [0.5, 0.6) is 0 Å². The van der Waals surface area contributed by atoms with Crippen molar-refractivity contribution in [3.05, 3.63) is 39.9 Å². The van der Waals surface area contributed by atoms with Crippen molar-refractivity contribution in [2.75, 3.05) is 6.54 Å². The lowest BCUT2D eigenvalue weighted by atomic mass is 10.1. The molecule has 17 heavy (non-hydrogen) atoms. The van der Waals surface area contributed by atoms with Crippen LogP contribution < -0.4 is 5.32 Å². The molecule has 0 aliphatic carbocycles. The Bertz CT molecular complexity index is 404. The first-order valence-electron chi connectivity index (χ1n) is 4.87. The number of carboxylic acid groups (broad SMARTS) is 1. The summed E-state index contributed by atoms with van der Waals surface area (Å²) in [5.74, 6) is 0. The molecule has 1 unspecified atom stereocenters. The van der Waals surface area contributed by atoms with E-state index in [0.717, 1.165) is 0 Å². The van der Waals surface area contributed by atoms with Gasteiger partial charge in [-0.15, -0.1) is 0 Å². The van der Waals surface area contributed by atoms with Gasteiger partial charge >= 0.3 is 6.09 Å². The lowest BCUT2D eigenvalue weighted by Gasteiger charge is -2.09. The first kappa shape index (κ1) is 12.9. The molecule has 1 rings (SSSR count). The average molecular weight is 240 g/mol. The molecule has 1 atom stereocenters. The number of aliphatic hydroxyl groups excluding tert-OH is 1. The highest BCUT2D eigenvalue weighted by atomic mass is 16.6. The Morgan fingerprint density at radius 3 is 2.47 bits per heavy atom. The third-order valence-corrected chi connectivity index (χ3v) is 2.11. The van der Waals surface area contributed by atoms with E-state index < -0.39 is 17.1 Å². The molecule has 1 aromatic rings. The van der Waals surface area contributed by atoms with Crippen molar-refractivity contribution in [3.63, 3.8) is 0 Å². The molecule has 0 bridgehead atoms. The maximum atomic E-state index is 10.4. The van der Waals surface area contributed by atoms with Gasteiger partial charge in [0.1, 0.15) is 0 Å². The SMILES string of the molecule is O=C(O)NCC(O)Cc1ccc([N+](=O)[O-])cc1. The quantitative estimate of drug-likeness (QED) is 0.519. The van der Waals surface area contributed by atoms with Gasteiger partial charge < -0.3 is 15.5 Å². The van der Waals surface area contributed by atoms with Gasteiger partial charge in [-0.05, 0) is 5.56 Å². The summed E-state index contributed by atoms with van der Waals surface area (Å²) in [6, 6.07) is 5.74. The minimum Gasteiger partial charge on any atom is -0.465 e. The number of hydrogen-bond donors (Lipinski definition) is 3. The summed E-state index contributed by atoms with van der Waals surface area (Å²) in [5, 5.41) is 30.2. The normalized spacial score (nSPS) is 11.8.